The predicted molar refractivity (Wildman–Crippen MR) is 246 cm³/mol. The second kappa shape index (κ2) is 28.6. The second-order valence-corrected chi connectivity index (χ2v) is 17.1. The van der Waals surface area contributed by atoms with Crippen molar-refractivity contribution in [2.45, 2.75) is 128 Å². The van der Waals surface area contributed by atoms with Crippen LogP contribution >= 0.6 is 0 Å². The van der Waals surface area contributed by atoms with E-state index in [0.717, 1.165) is 6.92 Å². The number of nitrogens with two attached hydrogens (primary N) is 2. The number of nitrogens with one attached hydrogen (secondary N) is 9. The van der Waals surface area contributed by atoms with Crippen LogP contribution in [0.4, 0.5) is 0 Å². The number of aliphatic hydroxyl groups is 3. The molecule has 0 aromatic heterocycles. The van der Waals surface area contributed by atoms with Gasteiger partial charge in [0.25, 0.3) is 0 Å². The Morgan fingerprint density at radius 3 is 1.88 bits per heavy atom. The molecular formula is C43H70N12O14. The Hall–Kier alpha value is -6.64. The van der Waals surface area contributed by atoms with E-state index in [2.05, 4.69) is 42.5 Å². The Bertz CT molecular complexity index is 1960. The predicted octanol–water partition coefficient (Wildman–Crippen LogP) is -5.31. The summed E-state index contributed by atoms with van der Waals surface area (Å²) in [5, 5.41) is 76.4. The van der Waals surface area contributed by atoms with Crippen molar-refractivity contribution in [3.8, 4) is 5.75 Å². The molecule has 26 nitrogen and oxygen atoms in total. The van der Waals surface area contributed by atoms with Gasteiger partial charge in [-0.25, -0.2) is 4.79 Å². The normalized spacial score (nSPS) is 17.2. The minimum absolute atomic E-state index is 0.103. The van der Waals surface area contributed by atoms with E-state index in [0.29, 0.717) is 18.4 Å². The summed E-state index contributed by atoms with van der Waals surface area (Å²) in [6.45, 7) is 5.56. The lowest BCUT2D eigenvalue weighted by Crippen LogP contribution is -2.62. The van der Waals surface area contributed by atoms with Gasteiger partial charge in [-0.1, -0.05) is 46.2 Å². The highest BCUT2D eigenvalue weighted by Gasteiger charge is 2.39. The first-order valence-corrected chi connectivity index (χ1v) is 22.6. The van der Waals surface area contributed by atoms with E-state index in [1.54, 1.807) is 6.92 Å². The lowest BCUT2D eigenvalue weighted by molar-refractivity contribution is -0.143. The molecule has 1 saturated heterocycles. The molecular weight excluding hydrogens is 909 g/mol. The average Bonchev–Trinajstić information content (AvgIpc) is 3.80. The van der Waals surface area contributed by atoms with Crippen molar-refractivity contribution in [3.05, 3.63) is 29.8 Å². The second-order valence-electron chi connectivity index (χ2n) is 17.1. The van der Waals surface area contributed by atoms with Crippen LogP contribution in [0, 0.1) is 17.2 Å². The number of aliphatic hydroxyl groups excluding tert-OH is 3. The average molecular weight is 979 g/mol. The van der Waals surface area contributed by atoms with Crippen LogP contribution in [0.1, 0.15) is 72.3 Å². The van der Waals surface area contributed by atoms with Crippen LogP contribution in [0.25, 0.3) is 0 Å². The van der Waals surface area contributed by atoms with E-state index in [9.17, 15) is 68.7 Å². The van der Waals surface area contributed by atoms with Gasteiger partial charge in [0.2, 0.25) is 47.3 Å². The Morgan fingerprint density at radius 2 is 1.33 bits per heavy atom. The third-order valence-corrected chi connectivity index (χ3v) is 11.4. The summed E-state index contributed by atoms with van der Waals surface area (Å²) in [4.78, 5) is 120. The van der Waals surface area contributed by atoms with Gasteiger partial charge in [0.15, 0.2) is 5.96 Å². The summed E-state index contributed by atoms with van der Waals surface area (Å²) in [6.07, 6.45) is -0.550. The van der Waals surface area contributed by atoms with Crippen LogP contribution in [0.2, 0.25) is 0 Å². The number of carbonyl (C=O) groups excluding carboxylic acids is 8. The molecule has 0 saturated carbocycles. The molecule has 386 valence electrons. The largest absolute Gasteiger partial charge is 0.508 e. The molecule has 1 aromatic carbocycles. The van der Waals surface area contributed by atoms with Crippen molar-refractivity contribution in [1.29, 1.82) is 5.41 Å². The maximum absolute atomic E-state index is 13.8. The zero-order valence-corrected chi connectivity index (χ0v) is 39.5. The number of hydrogen-bond acceptors (Lipinski definition) is 15. The number of carboxylic acids is 1. The SMILES string of the molecule is CC[C@H](C)[C@H](N)C(=O)N[C@@H](CO)C(=O)N1CCC[C@H]1C(=O)NCC(=O)N[C@@H](Cc1ccc(O)cc1)C(=O)N[C@@H](CO)C(=O)N[C@H](C(=O)N[C@H](C(=O)N[C@@H](CCCNC(=N)N)C(=O)O)[C@@H](C)O)C(C)C. The molecule has 2 rings (SSSR count). The maximum atomic E-state index is 13.8. The van der Waals surface area contributed by atoms with Gasteiger partial charge in [-0.3, -0.25) is 43.8 Å². The van der Waals surface area contributed by atoms with E-state index < -0.39 is 133 Å². The van der Waals surface area contributed by atoms with Gasteiger partial charge in [0.1, 0.15) is 48.0 Å². The number of phenols is 1. The number of phenolic OH excluding ortho intramolecular Hbond substituents is 1. The summed E-state index contributed by atoms with van der Waals surface area (Å²) in [5.74, 6) is -9.93. The summed E-state index contributed by atoms with van der Waals surface area (Å²) in [5.41, 5.74) is 11.6. The summed E-state index contributed by atoms with van der Waals surface area (Å²) in [7, 11) is 0. The molecule has 8 amide bonds. The van der Waals surface area contributed by atoms with E-state index in [1.165, 1.54) is 43.0 Å². The number of carboxylic acid groups (broad SMARTS) is 1. The van der Waals surface area contributed by atoms with Gasteiger partial charge in [-0.05, 0) is 62.1 Å². The monoisotopic (exact) mass is 979 g/mol. The molecule has 18 N–H and O–H groups in total. The molecule has 0 unspecified atom stereocenters. The number of likely N-dealkylation sites (tertiary alicyclic amines) is 1. The van der Waals surface area contributed by atoms with Crippen molar-refractivity contribution < 1.29 is 68.7 Å². The van der Waals surface area contributed by atoms with Crippen molar-refractivity contribution in [2.24, 2.45) is 23.3 Å². The minimum atomic E-state index is -1.74. The third kappa shape index (κ3) is 18.8. The molecule has 0 bridgehead atoms. The number of benzene rings is 1. The molecule has 69 heavy (non-hydrogen) atoms. The minimum Gasteiger partial charge on any atom is -0.508 e. The number of guanidine groups is 1. The molecule has 0 radical (unpaired) electrons. The number of aromatic hydroxyl groups is 1. The Balaban J connectivity index is 2.18. The molecule has 1 aromatic rings. The third-order valence-electron chi connectivity index (χ3n) is 11.4. The molecule has 26 heteroatoms. The first-order valence-electron chi connectivity index (χ1n) is 22.6. The fourth-order valence-electron chi connectivity index (χ4n) is 7.03. The number of aliphatic carboxylic acids is 1. The molecule has 1 aliphatic heterocycles. The highest BCUT2D eigenvalue weighted by Crippen LogP contribution is 2.19. The quantitative estimate of drug-likeness (QED) is 0.0212. The fourth-order valence-corrected chi connectivity index (χ4v) is 7.03. The van der Waals surface area contributed by atoms with E-state index in [1.807, 2.05) is 6.92 Å². The van der Waals surface area contributed by atoms with Crippen LogP contribution in [0.3, 0.4) is 0 Å². The van der Waals surface area contributed by atoms with Gasteiger partial charge in [0, 0.05) is 19.5 Å². The van der Waals surface area contributed by atoms with E-state index in [-0.39, 0.29) is 56.4 Å². The smallest absolute Gasteiger partial charge is 0.326 e. The van der Waals surface area contributed by atoms with Crippen molar-refractivity contribution in [1.82, 2.24) is 47.4 Å². The highest BCUT2D eigenvalue weighted by atomic mass is 16.4. The van der Waals surface area contributed by atoms with E-state index >= 15 is 0 Å². The Kier molecular flexibility index (Phi) is 24.3. The zero-order chi connectivity index (χ0) is 52.1. The lowest BCUT2D eigenvalue weighted by Gasteiger charge is -2.29. The van der Waals surface area contributed by atoms with E-state index in [4.69, 9.17) is 16.9 Å². The number of rotatable bonds is 28. The standard InChI is InChI=1S/C43H70N12O14/c1-6-22(4)32(44)38(64)52-29(20-57)41(67)55-16-8-10-30(55)37(63)48-18-31(60)49-27(17-24-11-13-25(59)14-12-24)35(61)51-28(19-56)36(62)53-33(21(2)3)39(65)54-34(23(5)58)40(66)50-26(42(68)69)9-7-15-47-43(45)46/h11-14,21-23,26-30,32-34,56-59H,6-10,15-20,44H2,1-5H3,(H,48,63)(H,49,60)(H,50,66)(H,51,61)(H,52,64)(H,53,62)(H,54,65)(H,68,69)(H4,45,46,47)/t22-,23+,26-,27-,28-,29-,30-,32-,33-,34-/m0/s1. The van der Waals surface area contributed by atoms with Crippen LogP contribution < -0.4 is 54.0 Å². The van der Waals surface area contributed by atoms with Crippen LogP contribution in [-0.2, 0) is 49.6 Å². The topological polar surface area (TPSA) is 430 Å². The maximum Gasteiger partial charge on any atom is 0.326 e. The van der Waals surface area contributed by atoms with Gasteiger partial charge in [-0.2, -0.15) is 0 Å². The van der Waals surface area contributed by atoms with Crippen molar-refractivity contribution in [3.63, 3.8) is 0 Å². The number of amides is 8. The first kappa shape index (κ1) is 58.5. The van der Waals surface area contributed by atoms with Crippen LogP contribution in [0.5, 0.6) is 5.75 Å². The summed E-state index contributed by atoms with van der Waals surface area (Å²) >= 11 is 0. The number of nitrogens with zero attached hydrogens (tertiary/aromatic N) is 1. The van der Waals surface area contributed by atoms with Crippen LogP contribution in [-0.4, -0.2) is 177 Å². The summed E-state index contributed by atoms with van der Waals surface area (Å²) in [6, 6.07) is -5.68. The molecule has 1 aliphatic rings. The molecule has 1 fully saturated rings. The lowest BCUT2D eigenvalue weighted by atomic mass is 9.99. The molecule has 0 aliphatic carbocycles. The zero-order valence-electron chi connectivity index (χ0n) is 39.5. The van der Waals surface area contributed by atoms with Crippen molar-refractivity contribution >= 4 is 59.2 Å². The fraction of sp³-hybridized carbons (Fsp3) is 0.628. The number of hydrogen-bond donors (Lipinski definition) is 16. The molecule has 10 atom stereocenters. The Morgan fingerprint density at radius 1 is 0.768 bits per heavy atom. The van der Waals surface area contributed by atoms with Gasteiger partial charge in [-0.15, -0.1) is 0 Å². The van der Waals surface area contributed by atoms with Gasteiger partial charge < -0.3 is 84.4 Å². The highest BCUT2D eigenvalue weighted by molar-refractivity contribution is 5.98. The first-order chi connectivity index (χ1) is 32.4. The summed E-state index contributed by atoms with van der Waals surface area (Å²) < 4.78 is 0. The molecule has 1 heterocycles. The Labute approximate surface area is 399 Å². The van der Waals surface area contributed by atoms with Gasteiger partial charge in [0.05, 0.1) is 31.9 Å². The number of carbonyl (C=O) groups is 9. The van der Waals surface area contributed by atoms with Crippen LogP contribution in [0.15, 0.2) is 24.3 Å². The molecule has 0 spiro atoms. The van der Waals surface area contributed by atoms with Crippen molar-refractivity contribution in [2.75, 3.05) is 32.8 Å². The van der Waals surface area contributed by atoms with Gasteiger partial charge >= 0.3 is 5.97 Å².